The topological polar surface area (TPSA) is 42.7 Å². The molecule has 4 nitrogen and oxygen atoms in total. The lowest BCUT2D eigenvalue weighted by molar-refractivity contribution is 0.0742. The van der Waals surface area contributed by atoms with Gasteiger partial charge in [0.05, 0.1) is 6.54 Å². The number of rotatable bonds is 5. The summed E-state index contributed by atoms with van der Waals surface area (Å²) < 4.78 is 10.6. The van der Waals surface area contributed by atoms with Gasteiger partial charge in [-0.15, -0.1) is 0 Å². The smallest absolute Gasteiger partial charge is 0.289 e. The van der Waals surface area contributed by atoms with Crippen molar-refractivity contribution in [3.63, 3.8) is 0 Å². The Morgan fingerprint density at radius 1 is 1.25 bits per heavy atom. The van der Waals surface area contributed by atoms with Gasteiger partial charge in [0.25, 0.3) is 5.91 Å². The van der Waals surface area contributed by atoms with E-state index < -0.39 is 0 Å². The van der Waals surface area contributed by atoms with Crippen LogP contribution in [0.4, 0.5) is 0 Å². The van der Waals surface area contributed by atoms with Crippen LogP contribution in [-0.4, -0.2) is 31.0 Å². The van der Waals surface area contributed by atoms with E-state index in [1.54, 1.807) is 19.2 Å². The monoisotopic (exact) mass is 293 g/mol. The van der Waals surface area contributed by atoms with E-state index in [2.05, 4.69) is 0 Å². The third-order valence-electron chi connectivity index (χ3n) is 2.85. The first-order valence-corrected chi connectivity index (χ1v) is 6.64. The molecular weight excluding hydrogens is 278 g/mol. The minimum atomic E-state index is -0.218. The van der Waals surface area contributed by atoms with Crippen molar-refractivity contribution in [2.45, 2.75) is 6.92 Å². The quantitative estimate of drug-likeness (QED) is 0.848. The number of aryl methyl sites for hydroxylation is 1. The Balaban J connectivity index is 1.81. The molecule has 0 aliphatic carbocycles. The van der Waals surface area contributed by atoms with Crippen LogP contribution in [0.1, 0.15) is 16.1 Å². The third-order valence-corrected chi connectivity index (χ3v) is 3.05. The molecule has 0 N–H and O–H groups in total. The van der Waals surface area contributed by atoms with Gasteiger partial charge in [-0.1, -0.05) is 17.7 Å². The molecule has 0 fully saturated rings. The molecule has 5 heteroatoms. The van der Waals surface area contributed by atoms with Crippen LogP contribution in [-0.2, 0) is 0 Å². The molecule has 0 radical (unpaired) electrons. The van der Waals surface area contributed by atoms with Gasteiger partial charge in [-0.3, -0.25) is 4.79 Å². The first-order valence-electron chi connectivity index (χ1n) is 6.26. The van der Waals surface area contributed by atoms with Crippen molar-refractivity contribution in [2.75, 3.05) is 20.2 Å². The Hall–Kier alpha value is -1.94. The predicted octanol–water partition coefficient (Wildman–Crippen LogP) is 3.39. The lowest BCUT2D eigenvalue weighted by Gasteiger charge is -2.16. The summed E-state index contributed by atoms with van der Waals surface area (Å²) in [5.74, 6) is 0.801. The summed E-state index contributed by atoms with van der Waals surface area (Å²) in [6.45, 7) is 2.90. The van der Waals surface area contributed by atoms with Gasteiger partial charge in [0.1, 0.15) is 12.4 Å². The van der Waals surface area contributed by atoms with Gasteiger partial charge in [-0.05, 0) is 42.8 Å². The van der Waals surface area contributed by atoms with E-state index in [-0.39, 0.29) is 16.9 Å². The highest BCUT2D eigenvalue weighted by Gasteiger charge is 2.15. The molecule has 1 aromatic carbocycles. The zero-order chi connectivity index (χ0) is 14.5. The summed E-state index contributed by atoms with van der Waals surface area (Å²) >= 11 is 5.64. The lowest BCUT2D eigenvalue weighted by atomic mass is 10.2. The average Bonchev–Trinajstić information content (AvgIpc) is 2.86. The maximum atomic E-state index is 12.0. The van der Waals surface area contributed by atoms with Crippen molar-refractivity contribution in [1.82, 2.24) is 4.90 Å². The summed E-state index contributed by atoms with van der Waals surface area (Å²) in [6, 6.07) is 10.9. The molecular formula is C15H16ClNO3. The molecule has 1 amide bonds. The Bertz CT molecular complexity index is 577. The van der Waals surface area contributed by atoms with Gasteiger partial charge in [0.15, 0.2) is 11.0 Å². The number of hydrogen-bond acceptors (Lipinski definition) is 3. The molecule has 0 unspecified atom stereocenters. The van der Waals surface area contributed by atoms with Crippen LogP contribution >= 0.6 is 11.6 Å². The van der Waals surface area contributed by atoms with E-state index in [1.165, 1.54) is 10.5 Å². The Labute approximate surface area is 122 Å². The summed E-state index contributed by atoms with van der Waals surface area (Å²) in [5, 5.41) is 0.206. The normalized spacial score (nSPS) is 10.3. The van der Waals surface area contributed by atoms with Crippen LogP contribution in [0.25, 0.3) is 0 Å². The second kappa shape index (κ2) is 6.48. The highest BCUT2D eigenvalue weighted by Crippen LogP contribution is 2.15. The van der Waals surface area contributed by atoms with E-state index >= 15 is 0 Å². The number of benzene rings is 1. The van der Waals surface area contributed by atoms with Gasteiger partial charge in [-0.25, -0.2) is 0 Å². The minimum Gasteiger partial charge on any atom is -0.492 e. The maximum absolute atomic E-state index is 12.0. The number of carbonyl (C=O) groups excluding carboxylic acids is 1. The first kappa shape index (κ1) is 14.5. The number of likely N-dealkylation sites (N-methyl/N-ethyl adjacent to an activating group) is 1. The number of nitrogens with zero attached hydrogens (tertiary/aromatic N) is 1. The molecule has 0 saturated heterocycles. The number of carbonyl (C=O) groups is 1. The van der Waals surface area contributed by atoms with Gasteiger partial charge >= 0.3 is 0 Å². The molecule has 1 heterocycles. The van der Waals surface area contributed by atoms with Gasteiger partial charge in [0.2, 0.25) is 0 Å². The van der Waals surface area contributed by atoms with E-state index in [0.717, 1.165) is 5.75 Å². The lowest BCUT2D eigenvalue weighted by Crippen LogP contribution is -2.30. The molecule has 106 valence electrons. The van der Waals surface area contributed by atoms with Crippen LogP contribution in [0.2, 0.25) is 5.22 Å². The zero-order valence-corrected chi connectivity index (χ0v) is 12.2. The molecule has 2 aromatic rings. The van der Waals surface area contributed by atoms with Crippen LogP contribution in [0, 0.1) is 6.92 Å². The van der Waals surface area contributed by atoms with E-state index in [0.29, 0.717) is 13.2 Å². The van der Waals surface area contributed by atoms with E-state index in [1.807, 2.05) is 31.2 Å². The molecule has 0 saturated carbocycles. The molecule has 0 spiro atoms. The number of furan rings is 1. The fourth-order valence-electron chi connectivity index (χ4n) is 1.65. The highest BCUT2D eigenvalue weighted by atomic mass is 35.5. The third kappa shape index (κ3) is 3.78. The largest absolute Gasteiger partial charge is 0.492 e. The second-order valence-electron chi connectivity index (χ2n) is 4.49. The molecule has 0 aliphatic rings. The number of hydrogen-bond donors (Lipinski definition) is 0. The molecule has 0 aliphatic heterocycles. The fraction of sp³-hybridized carbons (Fsp3) is 0.267. The summed E-state index contributed by atoms with van der Waals surface area (Å²) in [7, 11) is 1.69. The molecule has 1 aromatic heterocycles. The average molecular weight is 294 g/mol. The number of ether oxygens (including phenoxy) is 1. The van der Waals surface area contributed by atoms with Crippen molar-refractivity contribution in [3.05, 3.63) is 52.9 Å². The predicted molar refractivity (Wildman–Crippen MR) is 77.4 cm³/mol. The fourth-order valence-corrected chi connectivity index (χ4v) is 1.80. The van der Waals surface area contributed by atoms with Crippen molar-refractivity contribution < 1.29 is 13.9 Å². The van der Waals surface area contributed by atoms with Gasteiger partial charge in [0, 0.05) is 7.05 Å². The Morgan fingerprint density at radius 2 is 1.95 bits per heavy atom. The summed E-state index contributed by atoms with van der Waals surface area (Å²) in [4.78, 5) is 13.5. The van der Waals surface area contributed by atoms with Gasteiger partial charge in [-0.2, -0.15) is 0 Å². The van der Waals surface area contributed by atoms with Crippen molar-refractivity contribution in [3.8, 4) is 5.75 Å². The van der Waals surface area contributed by atoms with Crippen LogP contribution in [0.3, 0.4) is 0 Å². The summed E-state index contributed by atoms with van der Waals surface area (Å²) in [5.41, 5.74) is 1.18. The Morgan fingerprint density at radius 3 is 2.55 bits per heavy atom. The van der Waals surface area contributed by atoms with Crippen molar-refractivity contribution in [2.24, 2.45) is 0 Å². The number of amides is 1. The second-order valence-corrected chi connectivity index (χ2v) is 4.86. The maximum Gasteiger partial charge on any atom is 0.289 e. The van der Waals surface area contributed by atoms with Crippen LogP contribution in [0.5, 0.6) is 5.75 Å². The molecule has 20 heavy (non-hydrogen) atoms. The summed E-state index contributed by atoms with van der Waals surface area (Å²) in [6.07, 6.45) is 0. The van der Waals surface area contributed by atoms with E-state index in [4.69, 9.17) is 20.8 Å². The molecule has 0 bridgehead atoms. The molecule has 2 rings (SSSR count). The Kier molecular flexibility index (Phi) is 4.69. The molecule has 0 atom stereocenters. The van der Waals surface area contributed by atoms with E-state index in [9.17, 15) is 4.79 Å². The first-order chi connectivity index (χ1) is 9.56. The van der Waals surface area contributed by atoms with Crippen molar-refractivity contribution >= 4 is 17.5 Å². The SMILES string of the molecule is Cc1ccc(OCCN(C)C(=O)c2ccc(Cl)o2)cc1. The highest BCUT2D eigenvalue weighted by molar-refractivity contribution is 6.29. The standard InChI is InChI=1S/C15H16ClNO3/c1-11-3-5-12(6-4-11)19-10-9-17(2)15(18)13-7-8-14(16)20-13/h3-8H,9-10H2,1-2H3. The number of halogens is 1. The van der Waals surface area contributed by atoms with Crippen molar-refractivity contribution in [1.29, 1.82) is 0 Å². The van der Waals surface area contributed by atoms with Crippen LogP contribution in [0.15, 0.2) is 40.8 Å². The van der Waals surface area contributed by atoms with Crippen LogP contribution < -0.4 is 4.74 Å². The zero-order valence-electron chi connectivity index (χ0n) is 11.4. The minimum absolute atomic E-state index is 0.206. The van der Waals surface area contributed by atoms with Gasteiger partial charge < -0.3 is 14.1 Å².